The molecule has 114 valence electrons. The molecule has 7 heteroatoms. The van der Waals surface area contributed by atoms with Crippen molar-refractivity contribution in [1.29, 1.82) is 0 Å². The second kappa shape index (κ2) is 6.13. The summed E-state index contributed by atoms with van der Waals surface area (Å²) in [6.07, 6.45) is 0.709. The van der Waals surface area contributed by atoms with E-state index < -0.39 is 0 Å². The molecule has 1 aliphatic heterocycles. The summed E-state index contributed by atoms with van der Waals surface area (Å²) in [6.45, 7) is 6.57. The van der Waals surface area contributed by atoms with Crippen LogP contribution in [0.3, 0.4) is 0 Å². The molecule has 0 amide bonds. The first-order valence-corrected chi connectivity index (χ1v) is 8.17. The summed E-state index contributed by atoms with van der Waals surface area (Å²) in [4.78, 5) is 22.0. The van der Waals surface area contributed by atoms with Gasteiger partial charge in [-0.3, -0.25) is 4.79 Å². The molecule has 1 fully saturated rings. The zero-order valence-corrected chi connectivity index (χ0v) is 13.0. The van der Waals surface area contributed by atoms with Crippen LogP contribution in [0.4, 0.5) is 5.00 Å². The number of hydrogen-bond acceptors (Lipinski definition) is 6. The fourth-order valence-corrected chi connectivity index (χ4v) is 3.57. The third kappa shape index (κ3) is 3.09. The standard InChI is InChI=1S/C14H21N5OS/c1-9(8-15)6-11-17-10-7-12(19-4-2-16-3-5-19)21-13(10)14(20)18-11/h7,9,16H,2-6,8,15H2,1H3,(H,17,18,20)/t9-/m1/s1. The molecule has 2 aromatic heterocycles. The first kappa shape index (κ1) is 14.5. The number of nitrogens with zero attached hydrogens (tertiary/aromatic N) is 2. The number of H-pyrrole nitrogens is 1. The molecule has 0 aliphatic carbocycles. The zero-order valence-electron chi connectivity index (χ0n) is 12.2. The number of piperazine rings is 1. The average Bonchev–Trinajstić information content (AvgIpc) is 2.92. The molecular weight excluding hydrogens is 286 g/mol. The first-order valence-electron chi connectivity index (χ1n) is 7.36. The van der Waals surface area contributed by atoms with Gasteiger partial charge in [0.15, 0.2) is 0 Å². The predicted molar refractivity (Wildman–Crippen MR) is 87.2 cm³/mol. The Bertz CT molecular complexity index is 674. The van der Waals surface area contributed by atoms with Crippen LogP contribution in [0.1, 0.15) is 12.7 Å². The highest BCUT2D eigenvalue weighted by atomic mass is 32.1. The molecule has 0 aromatic carbocycles. The lowest BCUT2D eigenvalue weighted by Gasteiger charge is -2.27. The van der Waals surface area contributed by atoms with Crippen LogP contribution in [0.25, 0.3) is 10.2 Å². The summed E-state index contributed by atoms with van der Waals surface area (Å²) in [5.41, 5.74) is 6.41. The molecule has 1 saturated heterocycles. The lowest BCUT2D eigenvalue weighted by Crippen LogP contribution is -2.43. The summed E-state index contributed by atoms with van der Waals surface area (Å²) >= 11 is 1.53. The topological polar surface area (TPSA) is 87.0 Å². The number of fused-ring (bicyclic) bond motifs is 1. The van der Waals surface area contributed by atoms with Gasteiger partial charge in [-0.15, -0.1) is 11.3 Å². The van der Waals surface area contributed by atoms with Crippen molar-refractivity contribution in [2.24, 2.45) is 11.7 Å². The van der Waals surface area contributed by atoms with E-state index in [0.717, 1.165) is 42.5 Å². The Morgan fingerprint density at radius 1 is 1.48 bits per heavy atom. The third-order valence-corrected chi connectivity index (χ3v) is 4.98. The van der Waals surface area contributed by atoms with E-state index in [-0.39, 0.29) is 5.56 Å². The van der Waals surface area contributed by atoms with Crippen molar-refractivity contribution in [1.82, 2.24) is 15.3 Å². The van der Waals surface area contributed by atoms with Gasteiger partial charge < -0.3 is 20.9 Å². The number of nitrogens with one attached hydrogen (secondary N) is 2. The van der Waals surface area contributed by atoms with Crippen molar-refractivity contribution in [2.45, 2.75) is 13.3 Å². The Balaban J connectivity index is 1.93. The molecule has 0 spiro atoms. The van der Waals surface area contributed by atoms with Crippen LogP contribution in [0.15, 0.2) is 10.9 Å². The Morgan fingerprint density at radius 3 is 2.95 bits per heavy atom. The van der Waals surface area contributed by atoms with Crippen LogP contribution >= 0.6 is 11.3 Å². The van der Waals surface area contributed by atoms with Gasteiger partial charge in [0.05, 0.1) is 10.5 Å². The van der Waals surface area contributed by atoms with Gasteiger partial charge in [0.25, 0.3) is 5.56 Å². The number of thiophene rings is 1. The average molecular weight is 307 g/mol. The van der Waals surface area contributed by atoms with Gasteiger partial charge in [-0.05, 0) is 18.5 Å². The summed E-state index contributed by atoms with van der Waals surface area (Å²) in [6, 6.07) is 2.04. The van der Waals surface area contributed by atoms with Crippen LogP contribution in [0.5, 0.6) is 0 Å². The van der Waals surface area contributed by atoms with Gasteiger partial charge in [0.1, 0.15) is 10.5 Å². The van der Waals surface area contributed by atoms with Gasteiger partial charge >= 0.3 is 0 Å². The number of aromatic nitrogens is 2. The molecule has 0 saturated carbocycles. The van der Waals surface area contributed by atoms with E-state index in [4.69, 9.17) is 5.73 Å². The number of anilines is 1. The smallest absolute Gasteiger partial charge is 0.268 e. The highest BCUT2D eigenvalue weighted by molar-refractivity contribution is 7.22. The van der Waals surface area contributed by atoms with E-state index in [0.29, 0.717) is 23.6 Å². The van der Waals surface area contributed by atoms with Crippen molar-refractivity contribution >= 4 is 26.6 Å². The lowest BCUT2D eigenvalue weighted by molar-refractivity contribution is 0.574. The van der Waals surface area contributed by atoms with Crippen LogP contribution in [-0.2, 0) is 6.42 Å². The van der Waals surface area contributed by atoms with Gasteiger partial charge in [-0.1, -0.05) is 6.92 Å². The van der Waals surface area contributed by atoms with Crippen LogP contribution in [0.2, 0.25) is 0 Å². The Kier molecular flexibility index (Phi) is 4.23. The number of nitrogens with two attached hydrogens (primary N) is 1. The van der Waals surface area contributed by atoms with Crippen molar-refractivity contribution in [3.63, 3.8) is 0 Å². The molecule has 0 radical (unpaired) electrons. The van der Waals surface area contributed by atoms with Crippen molar-refractivity contribution in [3.05, 3.63) is 22.2 Å². The maximum atomic E-state index is 12.2. The Morgan fingerprint density at radius 2 is 2.24 bits per heavy atom. The fourth-order valence-electron chi connectivity index (χ4n) is 2.53. The van der Waals surface area contributed by atoms with Crippen molar-refractivity contribution in [3.8, 4) is 0 Å². The van der Waals surface area contributed by atoms with Crippen LogP contribution < -0.4 is 21.5 Å². The van der Waals surface area contributed by atoms with Gasteiger partial charge in [0.2, 0.25) is 0 Å². The molecule has 1 atom stereocenters. The van der Waals surface area contributed by atoms with Gasteiger partial charge in [-0.2, -0.15) is 0 Å². The molecular formula is C14H21N5OS. The van der Waals surface area contributed by atoms with E-state index in [1.54, 1.807) is 0 Å². The first-order chi connectivity index (χ1) is 10.2. The van der Waals surface area contributed by atoms with E-state index >= 15 is 0 Å². The molecule has 3 rings (SSSR count). The minimum atomic E-state index is -0.0365. The van der Waals surface area contributed by atoms with Crippen molar-refractivity contribution < 1.29 is 0 Å². The minimum Gasteiger partial charge on any atom is -0.361 e. The second-order valence-electron chi connectivity index (χ2n) is 5.59. The number of rotatable bonds is 4. The predicted octanol–water partition coefficient (Wildman–Crippen LogP) is 0.532. The molecule has 2 aromatic rings. The zero-order chi connectivity index (χ0) is 14.8. The monoisotopic (exact) mass is 307 g/mol. The fraction of sp³-hybridized carbons (Fsp3) is 0.571. The molecule has 4 N–H and O–H groups in total. The SMILES string of the molecule is C[C@@H](CN)Cc1nc2cc(N3CCNCC3)sc2c(=O)[nH]1. The quantitative estimate of drug-likeness (QED) is 0.767. The Labute approximate surface area is 127 Å². The maximum absolute atomic E-state index is 12.2. The van der Waals surface area contributed by atoms with Gasteiger partial charge in [-0.25, -0.2) is 4.98 Å². The van der Waals surface area contributed by atoms with Gasteiger partial charge in [0, 0.05) is 32.6 Å². The Hall–Kier alpha value is -1.44. The molecule has 0 bridgehead atoms. The van der Waals surface area contributed by atoms with Crippen molar-refractivity contribution in [2.75, 3.05) is 37.6 Å². The second-order valence-corrected chi connectivity index (χ2v) is 6.62. The maximum Gasteiger partial charge on any atom is 0.268 e. The summed E-state index contributed by atoms with van der Waals surface area (Å²) in [5.74, 6) is 1.05. The molecule has 21 heavy (non-hydrogen) atoms. The third-order valence-electron chi connectivity index (χ3n) is 3.79. The summed E-state index contributed by atoms with van der Waals surface area (Å²) in [5, 5.41) is 4.47. The van der Waals surface area contributed by atoms with E-state index in [1.807, 2.05) is 6.07 Å². The molecule has 1 aliphatic rings. The minimum absolute atomic E-state index is 0.0365. The summed E-state index contributed by atoms with van der Waals surface area (Å²) < 4.78 is 0.715. The molecule has 6 nitrogen and oxygen atoms in total. The van der Waals surface area contributed by atoms with E-state index in [2.05, 4.69) is 27.1 Å². The molecule has 3 heterocycles. The lowest BCUT2D eigenvalue weighted by atomic mass is 10.1. The number of hydrogen-bond donors (Lipinski definition) is 3. The summed E-state index contributed by atoms with van der Waals surface area (Å²) in [7, 11) is 0. The molecule has 0 unspecified atom stereocenters. The highest BCUT2D eigenvalue weighted by Crippen LogP contribution is 2.29. The van der Waals surface area contributed by atoms with Crippen LogP contribution in [0, 0.1) is 5.92 Å². The highest BCUT2D eigenvalue weighted by Gasteiger charge is 2.16. The van der Waals surface area contributed by atoms with Crippen LogP contribution in [-0.4, -0.2) is 42.7 Å². The number of aromatic amines is 1. The van der Waals surface area contributed by atoms with E-state index in [9.17, 15) is 4.79 Å². The largest absolute Gasteiger partial charge is 0.361 e. The normalized spacial score (nSPS) is 17.3. The van der Waals surface area contributed by atoms with E-state index in [1.165, 1.54) is 11.3 Å².